The average Bonchev–Trinajstić information content (AvgIpc) is 3.58. The van der Waals surface area contributed by atoms with Crippen molar-refractivity contribution in [2.45, 2.75) is 13.8 Å². The van der Waals surface area contributed by atoms with Crippen LogP contribution in [0.15, 0.2) is 109 Å². The van der Waals surface area contributed by atoms with Crippen molar-refractivity contribution in [3.63, 3.8) is 0 Å². The van der Waals surface area contributed by atoms with Crippen LogP contribution in [0.25, 0.3) is 76.8 Å². The van der Waals surface area contributed by atoms with Gasteiger partial charge in [0.15, 0.2) is 0 Å². The molecule has 4 aliphatic heterocycles. The molecule has 0 amide bonds. The molecule has 0 aromatic heterocycles. The van der Waals surface area contributed by atoms with Crippen LogP contribution in [0.2, 0.25) is 0 Å². The summed E-state index contributed by atoms with van der Waals surface area (Å²) in [6.45, 7) is 5.24. The van der Waals surface area contributed by atoms with E-state index in [1.807, 2.05) is 0 Å². The molecule has 0 nitrogen and oxygen atoms in total. The van der Waals surface area contributed by atoms with E-state index in [-0.39, 0.29) is 13.4 Å². The number of hydrogen-bond donors (Lipinski definition) is 0. The lowest BCUT2D eigenvalue weighted by molar-refractivity contribution is 1.52. The molecule has 0 aliphatic carbocycles. The Labute approximate surface area is 256 Å². The molecule has 4 heterocycles. The van der Waals surface area contributed by atoms with Gasteiger partial charge in [0.2, 0.25) is 13.4 Å². The standard InChI is InChI=1S/C42H24B2/c1-21-17-31-27-13-7-11-25-23-9-4-6-16-34(23)44(41(25)27)36-20-30-22(2)18-32-28-14-8-12-26-24-10-3-5-15-33(24)43(42(26)28)35-19-29(21)39(37(31)36)40(30)38(32)35/h3-20H,1-2H3. The maximum absolute atomic E-state index is 2.60. The van der Waals surface area contributed by atoms with Crippen LogP contribution in [-0.4, -0.2) is 13.4 Å². The van der Waals surface area contributed by atoms with E-state index >= 15 is 0 Å². The van der Waals surface area contributed by atoms with E-state index in [4.69, 9.17) is 0 Å². The molecule has 8 aromatic rings. The quantitative estimate of drug-likeness (QED) is 0.157. The van der Waals surface area contributed by atoms with Gasteiger partial charge in [0.1, 0.15) is 0 Å². The molecule has 4 aliphatic rings. The van der Waals surface area contributed by atoms with Crippen molar-refractivity contribution in [1.82, 2.24) is 0 Å². The van der Waals surface area contributed by atoms with E-state index in [1.165, 1.54) is 121 Å². The zero-order chi connectivity index (χ0) is 28.6. The summed E-state index contributed by atoms with van der Waals surface area (Å²) in [6.07, 6.45) is 0. The summed E-state index contributed by atoms with van der Waals surface area (Å²) in [7, 11) is 0. The predicted molar refractivity (Wildman–Crippen MR) is 191 cm³/mol. The van der Waals surface area contributed by atoms with Crippen molar-refractivity contribution < 1.29 is 0 Å². The molecule has 0 N–H and O–H groups in total. The molecule has 0 unspecified atom stereocenters. The lowest BCUT2D eigenvalue weighted by Crippen LogP contribution is -2.52. The van der Waals surface area contributed by atoms with Crippen LogP contribution in [0.5, 0.6) is 0 Å². The van der Waals surface area contributed by atoms with E-state index in [2.05, 4.69) is 123 Å². The zero-order valence-electron chi connectivity index (χ0n) is 24.5. The summed E-state index contributed by atoms with van der Waals surface area (Å²) in [6, 6.07) is 42.4. The lowest BCUT2D eigenvalue weighted by Gasteiger charge is -2.32. The first-order valence-corrected chi connectivity index (χ1v) is 15.9. The van der Waals surface area contributed by atoms with E-state index in [1.54, 1.807) is 0 Å². The van der Waals surface area contributed by atoms with Crippen LogP contribution in [0.3, 0.4) is 0 Å². The van der Waals surface area contributed by atoms with Crippen molar-refractivity contribution in [2.24, 2.45) is 0 Å². The molecule has 0 fully saturated rings. The molecule has 0 saturated heterocycles. The summed E-state index contributed by atoms with van der Waals surface area (Å²) in [4.78, 5) is 0. The minimum atomic E-state index is 0.274. The Morgan fingerprint density at radius 2 is 0.727 bits per heavy atom. The Morgan fingerprint density at radius 3 is 1.18 bits per heavy atom. The number of aryl methyl sites for hydroxylation is 2. The van der Waals surface area contributed by atoms with Gasteiger partial charge in [0, 0.05) is 0 Å². The molecule has 12 rings (SSSR count). The van der Waals surface area contributed by atoms with Crippen LogP contribution in [0.4, 0.5) is 0 Å². The van der Waals surface area contributed by atoms with Gasteiger partial charge in [-0.05, 0) is 102 Å². The van der Waals surface area contributed by atoms with Crippen LogP contribution in [-0.2, 0) is 0 Å². The van der Waals surface area contributed by atoms with Gasteiger partial charge in [0.05, 0.1) is 0 Å². The van der Waals surface area contributed by atoms with E-state index in [0.717, 1.165) is 0 Å². The van der Waals surface area contributed by atoms with Crippen LogP contribution >= 0.6 is 0 Å². The maximum atomic E-state index is 2.60. The molecule has 2 heteroatoms. The first kappa shape index (κ1) is 22.5. The van der Waals surface area contributed by atoms with Gasteiger partial charge in [-0.15, -0.1) is 0 Å². The van der Waals surface area contributed by atoms with Crippen molar-refractivity contribution >= 4 is 78.5 Å². The Balaban J connectivity index is 1.32. The second-order valence-electron chi connectivity index (χ2n) is 13.6. The van der Waals surface area contributed by atoms with Crippen LogP contribution in [0, 0.1) is 13.8 Å². The molecule has 198 valence electrons. The smallest absolute Gasteiger partial charge is 0.0664 e. The highest BCUT2D eigenvalue weighted by molar-refractivity contribution is 7.03. The minimum Gasteiger partial charge on any atom is -0.0664 e. The van der Waals surface area contributed by atoms with Crippen LogP contribution in [0.1, 0.15) is 11.1 Å². The maximum Gasteiger partial charge on any atom is 0.244 e. The molecule has 8 aromatic carbocycles. The lowest BCUT2D eigenvalue weighted by atomic mass is 9.34. The third-order valence-electron chi connectivity index (χ3n) is 11.7. The van der Waals surface area contributed by atoms with Gasteiger partial charge in [-0.3, -0.25) is 0 Å². The molecule has 0 spiro atoms. The fraction of sp³-hybridized carbons (Fsp3) is 0.0476. The molecule has 0 saturated carbocycles. The van der Waals surface area contributed by atoms with Crippen LogP contribution < -0.4 is 32.8 Å². The molecular weight excluding hydrogens is 526 g/mol. The zero-order valence-corrected chi connectivity index (χ0v) is 24.5. The Morgan fingerprint density at radius 1 is 0.341 bits per heavy atom. The minimum absolute atomic E-state index is 0.274. The van der Waals surface area contributed by atoms with E-state index < -0.39 is 0 Å². The number of rotatable bonds is 0. The summed E-state index contributed by atoms with van der Waals surface area (Å²) in [5, 5.41) is 8.74. The van der Waals surface area contributed by atoms with Gasteiger partial charge in [-0.2, -0.15) is 0 Å². The molecule has 0 radical (unpaired) electrons. The Kier molecular flexibility index (Phi) is 3.66. The average molecular weight is 550 g/mol. The van der Waals surface area contributed by atoms with E-state index in [0.29, 0.717) is 0 Å². The number of fused-ring (bicyclic) bond motifs is 10. The van der Waals surface area contributed by atoms with E-state index in [9.17, 15) is 0 Å². The van der Waals surface area contributed by atoms with Crippen molar-refractivity contribution in [3.05, 3.63) is 120 Å². The van der Waals surface area contributed by atoms with Gasteiger partial charge in [-0.1, -0.05) is 142 Å². The highest BCUT2D eigenvalue weighted by atomic mass is 14.3. The largest absolute Gasteiger partial charge is 0.244 e. The third-order valence-corrected chi connectivity index (χ3v) is 11.7. The normalized spacial score (nSPS) is 14.0. The third kappa shape index (κ3) is 2.27. The topological polar surface area (TPSA) is 0 Å². The van der Waals surface area contributed by atoms with Gasteiger partial charge in [-0.25, -0.2) is 0 Å². The van der Waals surface area contributed by atoms with Crippen molar-refractivity contribution in [2.75, 3.05) is 0 Å². The highest BCUT2D eigenvalue weighted by Gasteiger charge is 2.43. The number of benzene rings is 8. The molecular formula is C42H24B2. The van der Waals surface area contributed by atoms with Crippen molar-refractivity contribution in [1.29, 1.82) is 0 Å². The Hall–Kier alpha value is -5.07. The second kappa shape index (κ2) is 7.17. The first-order valence-electron chi connectivity index (χ1n) is 15.9. The predicted octanol–water partition coefficient (Wildman–Crippen LogP) is 6.15. The fourth-order valence-electron chi connectivity index (χ4n) is 10.1. The fourth-order valence-corrected chi connectivity index (χ4v) is 10.1. The van der Waals surface area contributed by atoms with Gasteiger partial charge in [0.25, 0.3) is 0 Å². The highest BCUT2D eigenvalue weighted by Crippen LogP contribution is 2.47. The first-order chi connectivity index (χ1) is 21.7. The SMILES string of the molecule is Cc1cc2c3c(cc4c(C)cc5c6c(cc1c3c46)B1c3ccccc3-c3cccc-5c31)B1c3ccccc3-c3cccc-2c31. The molecule has 44 heavy (non-hydrogen) atoms. The summed E-state index contributed by atoms with van der Waals surface area (Å²) >= 11 is 0. The Bertz CT molecular complexity index is 2510. The summed E-state index contributed by atoms with van der Waals surface area (Å²) in [5.41, 5.74) is 22.9. The summed E-state index contributed by atoms with van der Waals surface area (Å²) < 4.78 is 0. The van der Waals surface area contributed by atoms with Gasteiger partial charge >= 0.3 is 0 Å². The summed E-state index contributed by atoms with van der Waals surface area (Å²) in [5.74, 6) is 0. The molecule has 0 bridgehead atoms. The monoisotopic (exact) mass is 550 g/mol. The van der Waals surface area contributed by atoms with Crippen molar-refractivity contribution in [3.8, 4) is 44.5 Å². The second-order valence-corrected chi connectivity index (χ2v) is 13.6. The molecule has 0 atom stereocenters. The van der Waals surface area contributed by atoms with Gasteiger partial charge < -0.3 is 0 Å². The number of hydrogen-bond acceptors (Lipinski definition) is 0.